The first-order valence-electron chi connectivity index (χ1n) is 10.4. The summed E-state index contributed by atoms with van der Waals surface area (Å²) in [4.78, 5) is 13.3. The van der Waals surface area contributed by atoms with Crippen molar-refractivity contribution < 1.29 is 4.79 Å². The van der Waals surface area contributed by atoms with Crippen molar-refractivity contribution in [3.05, 3.63) is 119 Å². The van der Waals surface area contributed by atoms with Crippen molar-refractivity contribution in [2.75, 3.05) is 5.32 Å². The van der Waals surface area contributed by atoms with Crippen molar-refractivity contribution >= 4 is 42.3 Å². The topological polar surface area (TPSA) is 29.1 Å². The van der Waals surface area contributed by atoms with Crippen LogP contribution >= 0.6 is 0 Å². The molecule has 0 aliphatic rings. The van der Waals surface area contributed by atoms with Crippen LogP contribution in [0.3, 0.4) is 0 Å². The predicted octanol–water partition coefficient (Wildman–Crippen LogP) is 4.38. The number of rotatable bonds is 5. The van der Waals surface area contributed by atoms with Crippen LogP contribution in [0.25, 0.3) is 0 Å². The maximum absolute atomic E-state index is 13.3. The quantitative estimate of drug-likeness (QED) is 0.394. The molecular formula is C28H26NOSb. The average Bonchev–Trinajstić information content (AvgIpc) is 2.78. The molecule has 0 spiro atoms. The number of anilines is 1. The summed E-state index contributed by atoms with van der Waals surface area (Å²) in [5, 5.41) is 3.09. The van der Waals surface area contributed by atoms with Crippen molar-refractivity contribution in [1.29, 1.82) is 0 Å². The van der Waals surface area contributed by atoms with E-state index in [-0.39, 0.29) is 5.91 Å². The van der Waals surface area contributed by atoms with E-state index in [1.54, 1.807) is 0 Å². The molecular weight excluding hydrogens is 488 g/mol. The summed E-state index contributed by atoms with van der Waals surface area (Å²) in [7, 11) is 0. The van der Waals surface area contributed by atoms with Crippen LogP contribution in [0.1, 0.15) is 27.0 Å². The third-order valence-corrected chi connectivity index (χ3v) is 12.4. The minimum atomic E-state index is -2.40. The Hall–Kier alpha value is -2.83. The second-order valence-electron chi connectivity index (χ2n) is 7.84. The molecule has 0 atom stereocenters. The van der Waals surface area contributed by atoms with E-state index in [4.69, 9.17) is 0 Å². The first-order chi connectivity index (χ1) is 15.0. The fourth-order valence-electron chi connectivity index (χ4n) is 3.51. The number of benzene rings is 4. The Balaban J connectivity index is 1.78. The standard InChI is InChI=1S/C14H12NO.2C7H7.Sb/c1-11-7-9-13(10-8-11)15-14(16)12-5-3-2-4-6-12;2*1-7-5-3-2-4-6-7;/h2-5,7-10H,1H3,(H,15,16);2*3-6H,1H3;. The van der Waals surface area contributed by atoms with Crippen LogP contribution in [0.5, 0.6) is 0 Å². The zero-order valence-corrected chi connectivity index (χ0v) is 20.6. The number of carbonyl (C=O) groups is 1. The van der Waals surface area contributed by atoms with Gasteiger partial charge in [-0.15, -0.1) is 0 Å². The van der Waals surface area contributed by atoms with Crippen LogP contribution in [0.4, 0.5) is 5.69 Å². The Bertz CT molecular complexity index is 1130. The molecule has 4 aromatic carbocycles. The number of amides is 1. The number of hydrogen-bond acceptors (Lipinski definition) is 1. The Morgan fingerprint density at radius 3 is 1.58 bits per heavy atom. The number of hydrogen-bond donors (Lipinski definition) is 1. The number of nitrogens with one attached hydrogen (secondary N) is 1. The molecule has 4 aromatic rings. The summed E-state index contributed by atoms with van der Waals surface area (Å²) < 4.78 is 3.89. The molecule has 0 radical (unpaired) electrons. The monoisotopic (exact) mass is 513 g/mol. The molecule has 0 fully saturated rings. The van der Waals surface area contributed by atoms with Gasteiger partial charge in [0, 0.05) is 0 Å². The van der Waals surface area contributed by atoms with Crippen LogP contribution in [-0.2, 0) is 0 Å². The second-order valence-corrected chi connectivity index (χ2v) is 14.1. The van der Waals surface area contributed by atoms with Gasteiger partial charge in [-0.1, -0.05) is 0 Å². The first-order valence-corrected chi connectivity index (χ1v) is 14.2. The Morgan fingerprint density at radius 1 is 0.613 bits per heavy atom. The normalized spacial score (nSPS) is 10.8. The van der Waals surface area contributed by atoms with Crippen LogP contribution in [0, 0.1) is 20.8 Å². The summed E-state index contributed by atoms with van der Waals surface area (Å²) in [6.45, 7) is 6.27. The van der Waals surface area contributed by atoms with Crippen LogP contribution < -0.4 is 15.8 Å². The molecule has 3 heteroatoms. The third-order valence-electron chi connectivity index (χ3n) is 5.28. The zero-order valence-electron chi connectivity index (χ0n) is 18.1. The van der Waals surface area contributed by atoms with Gasteiger partial charge in [0.2, 0.25) is 0 Å². The minimum absolute atomic E-state index is 0.0480. The average molecular weight is 514 g/mol. The SMILES string of the molecule is Cc1ccc(NC(=O)c2cccc[c]2[Sb]([c]2ccc(C)cc2)[c]2ccc(C)cc2)cc1. The molecule has 31 heavy (non-hydrogen) atoms. The van der Waals surface area contributed by atoms with Gasteiger partial charge in [0.05, 0.1) is 0 Å². The third kappa shape index (κ3) is 5.09. The van der Waals surface area contributed by atoms with Gasteiger partial charge in [0.1, 0.15) is 0 Å². The molecule has 0 aliphatic heterocycles. The molecule has 0 heterocycles. The van der Waals surface area contributed by atoms with Gasteiger partial charge in [-0.2, -0.15) is 0 Å². The van der Waals surface area contributed by atoms with Gasteiger partial charge in [-0.3, -0.25) is 0 Å². The molecule has 1 amide bonds. The van der Waals surface area contributed by atoms with Gasteiger partial charge in [-0.25, -0.2) is 0 Å². The van der Waals surface area contributed by atoms with Crippen molar-refractivity contribution in [3.8, 4) is 0 Å². The number of aryl methyl sites for hydroxylation is 3. The number of carbonyl (C=O) groups excluding carboxylic acids is 1. The molecule has 0 saturated carbocycles. The van der Waals surface area contributed by atoms with E-state index in [0.717, 1.165) is 11.3 Å². The molecule has 4 rings (SSSR count). The molecule has 0 saturated heterocycles. The summed E-state index contributed by atoms with van der Waals surface area (Å²) in [6.07, 6.45) is 0. The van der Waals surface area contributed by atoms with Crippen molar-refractivity contribution in [1.82, 2.24) is 0 Å². The van der Waals surface area contributed by atoms with Crippen molar-refractivity contribution in [2.45, 2.75) is 20.8 Å². The van der Waals surface area contributed by atoms with Gasteiger partial charge in [0.25, 0.3) is 0 Å². The second kappa shape index (κ2) is 9.54. The van der Waals surface area contributed by atoms with E-state index in [1.165, 1.54) is 27.2 Å². The molecule has 1 N–H and O–H groups in total. The Kier molecular flexibility index (Phi) is 6.58. The molecule has 154 valence electrons. The van der Waals surface area contributed by atoms with Crippen LogP contribution in [0.2, 0.25) is 0 Å². The van der Waals surface area contributed by atoms with E-state index in [9.17, 15) is 4.79 Å². The molecule has 2 nitrogen and oxygen atoms in total. The summed E-state index contributed by atoms with van der Waals surface area (Å²) >= 11 is -2.40. The molecule has 0 bridgehead atoms. The van der Waals surface area contributed by atoms with E-state index in [1.807, 2.05) is 43.3 Å². The van der Waals surface area contributed by atoms with E-state index < -0.39 is 20.2 Å². The Morgan fingerprint density at radius 2 is 1.06 bits per heavy atom. The summed E-state index contributed by atoms with van der Waals surface area (Å²) in [5.74, 6) is -0.0480. The van der Waals surface area contributed by atoms with Gasteiger partial charge in [0.15, 0.2) is 0 Å². The van der Waals surface area contributed by atoms with Crippen LogP contribution in [0.15, 0.2) is 97.1 Å². The Labute approximate surface area is 191 Å². The zero-order chi connectivity index (χ0) is 21.8. The van der Waals surface area contributed by atoms with Gasteiger partial charge < -0.3 is 0 Å². The van der Waals surface area contributed by atoms with Crippen molar-refractivity contribution in [2.24, 2.45) is 0 Å². The van der Waals surface area contributed by atoms with Gasteiger partial charge in [-0.05, 0) is 0 Å². The van der Waals surface area contributed by atoms with Crippen LogP contribution in [-0.4, -0.2) is 26.1 Å². The first kappa shape index (κ1) is 21.4. The fraction of sp³-hybridized carbons (Fsp3) is 0.107. The van der Waals surface area contributed by atoms with E-state index >= 15 is 0 Å². The molecule has 0 aromatic heterocycles. The van der Waals surface area contributed by atoms with Crippen molar-refractivity contribution in [3.63, 3.8) is 0 Å². The maximum atomic E-state index is 13.3. The fourth-order valence-corrected chi connectivity index (χ4v) is 10.4. The predicted molar refractivity (Wildman–Crippen MR) is 133 cm³/mol. The molecule has 0 unspecified atom stereocenters. The summed E-state index contributed by atoms with van der Waals surface area (Å²) in [5.41, 5.74) is 5.26. The molecule has 0 aliphatic carbocycles. The van der Waals surface area contributed by atoms with E-state index in [2.05, 4.69) is 79.8 Å². The summed E-state index contributed by atoms with van der Waals surface area (Å²) in [6, 6.07) is 33.7. The van der Waals surface area contributed by atoms with Gasteiger partial charge >= 0.3 is 193 Å². The van der Waals surface area contributed by atoms with E-state index in [0.29, 0.717) is 0 Å².